The van der Waals surface area contributed by atoms with Crippen LogP contribution in [-0.2, 0) is 0 Å². The smallest absolute Gasteiger partial charge is 0.537 e. The van der Waals surface area contributed by atoms with Gasteiger partial charge in [-0.15, -0.1) is 0 Å². The van der Waals surface area contributed by atoms with E-state index < -0.39 is 0 Å². The molecule has 137 valence electrons. The molecular formula is C26H18BO2. The molecule has 29 heavy (non-hydrogen) atoms. The van der Waals surface area contributed by atoms with Crippen LogP contribution in [0.1, 0.15) is 0 Å². The van der Waals surface area contributed by atoms with E-state index in [2.05, 4.69) is 78.9 Å². The molecule has 0 saturated carbocycles. The molecule has 0 atom stereocenters. The van der Waals surface area contributed by atoms with E-state index in [9.17, 15) is 0 Å². The molecule has 0 aliphatic rings. The van der Waals surface area contributed by atoms with Crippen molar-refractivity contribution in [1.82, 2.24) is 0 Å². The standard InChI is InChI=1S/C26H18BO2/c28-27-29-20-16-14-19(15-17-20)26-23-12-6-4-10-21(23)25(18-8-2-1-3-9-18)22-11-5-7-13-24(22)26/h1-17,28H. The number of benzene rings is 5. The fourth-order valence-electron chi connectivity index (χ4n) is 4.12. The first kappa shape index (κ1) is 17.5. The van der Waals surface area contributed by atoms with Crippen LogP contribution in [0.2, 0.25) is 0 Å². The molecule has 0 unspecified atom stereocenters. The second kappa shape index (κ2) is 7.46. The molecule has 2 nitrogen and oxygen atoms in total. The minimum absolute atomic E-state index is 0.603. The summed E-state index contributed by atoms with van der Waals surface area (Å²) in [6.07, 6.45) is 0. The van der Waals surface area contributed by atoms with Crippen molar-refractivity contribution in [2.24, 2.45) is 0 Å². The Kier molecular flexibility index (Phi) is 4.51. The zero-order chi connectivity index (χ0) is 19.6. The number of hydrogen-bond acceptors (Lipinski definition) is 2. The van der Waals surface area contributed by atoms with Crippen LogP contribution in [0.5, 0.6) is 5.75 Å². The SMILES string of the molecule is O[B]Oc1ccc(-c2c3ccccc3c(-c3ccccc3)c3ccccc23)cc1. The Bertz CT molecular complexity index is 1240. The largest absolute Gasteiger partial charge is 0.569 e. The molecule has 5 aromatic carbocycles. The van der Waals surface area contributed by atoms with Crippen molar-refractivity contribution < 1.29 is 9.68 Å². The second-order valence-electron chi connectivity index (χ2n) is 6.95. The second-order valence-corrected chi connectivity index (χ2v) is 6.95. The number of fused-ring (bicyclic) bond motifs is 2. The van der Waals surface area contributed by atoms with E-state index in [1.54, 1.807) is 0 Å². The zero-order valence-corrected chi connectivity index (χ0v) is 15.7. The lowest BCUT2D eigenvalue weighted by molar-refractivity contribution is 0.454. The Labute approximate surface area is 170 Å². The maximum absolute atomic E-state index is 8.88. The summed E-state index contributed by atoms with van der Waals surface area (Å²) in [5.41, 5.74) is 4.79. The number of rotatable bonds is 4. The molecule has 5 aromatic rings. The topological polar surface area (TPSA) is 29.5 Å². The van der Waals surface area contributed by atoms with Crippen LogP contribution in [0.15, 0.2) is 103 Å². The van der Waals surface area contributed by atoms with Crippen LogP contribution in [0.4, 0.5) is 0 Å². The van der Waals surface area contributed by atoms with Crippen LogP contribution in [-0.4, -0.2) is 12.7 Å². The van der Waals surface area contributed by atoms with E-state index >= 15 is 0 Å². The average molecular weight is 373 g/mol. The average Bonchev–Trinajstić information content (AvgIpc) is 2.79. The molecule has 5 rings (SSSR count). The first-order valence-electron chi connectivity index (χ1n) is 9.58. The van der Waals surface area contributed by atoms with Gasteiger partial charge in [0.1, 0.15) is 5.75 Å². The molecule has 3 heteroatoms. The lowest BCUT2D eigenvalue weighted by Gasteiger charge is -2.17. The summed E-state index contributed by atoms with van der Waals surface area (Å²) in [5.74, 6) is 0.603. The number of hydrogen-bond donors (Lipinski definition) is 1. The maximum Gasteiger partial charge on any atom is 0.569 e. The summed E-state index contributed by atoms with van der Waals surface area (Å²) in [6.45, 7) is 0. The Morgan fingerprint density at radius 3 is 1.34 bits per heavy atom. The summed E-state index contributed by atoms with van der Waals surface area (Å²) in [7, 11) is 0.703. The fourth-order valence-corrected chi connectivity index (χ4v) is 4.12. The normalized spacial score (nSPS) is 10.9. The van der Waals surface area contributed by atoms with Crippen LogP contribution in [0, 0.1) is 0 Å². The fraction of sp³-hybridized carbons (Fsp3) is 0. The maximum atomic E-state index is 8.88. The van der Waals surface area contributed by atoms with Gasteiger partial charge in [-0.2, -0.15) is 0 Å². The van der Waals surface area contributed by atoms with Gasteiger partial charge >= 0.3 is 7.69 Å². The van der Waals surface area contributed by atoms with Crippen LogP contribution < -0.4 is 4.65 Å². The van der Waals surface area contributed by atoms with Gasteiger partial charge in [0, 0.05) is 0 Å². The third-order valence-electron chi connectivity index (χ3n) is 5.33. The highest BCUT2D eigenvalue weighted by Crippen LogP contribution is 2.43. The van der Waals surface area contributed by atoms with Gasteiger partial charge in [0.25, 0.3) is 0 Å². The van der Waals surface area contributed by atoms with E-state index in [0.717, 1.165) is 5.56 Å². The molecule has 0 aromatic heterocycles. The van der Waals surface area contributed by atoms with Gasteiger partial charge in [-0.3, -0.25) is 0 Å². The molecule has 0 heterocycles. The Hall–Kier alpha value is -3.56. The summed E-state index contributed by atoms with van der Waals surface area (Å²) < 4.78 is 5.08. The molecule has 1 radical (unpaired) electrons. The predicted octanol–water partition coefficient (Wildman–Crippen LogP) is 6.23. The minimum Gasteiger partial charge on any atom is -0.537 e. The van der Waals surface area contributed by atoms with Crippen LogP contribution in [0.25, 0.3) is 43.8 Å². The first-order valence-corrected chi connectivity index (χ1v) is 9.58. The molecule has 0 fully saturated rings. The summed E-state index contributed by atoms with van der Waals surface area (Å²) >= 11 is 0. The van der Waals surface area contributed by atoms with Crippen molar-refractivity contribution in [3.63, 3.8) is 0 Å². The van der Waals surface area contributed by atoms with Crippen LogP contribution in [0.3, 0.4) is 0 Å². The minimum atomic E-state index is 0.603. The molecule has 0 spiro atoms. The van der Waals surface area contributed by atoms with Gasteiger partial charge in [0.15, 0.2) is 0 Å². The predicted molar refractivity (Wildman–Crippen MR) is 121 cm³/mol. The van der Waals surface area contributed by atoms with E-state index in [1.807, 2.05) is 24.3 Å². The van der Waals surface area contributed by atoms with E-state index in [-0.39, 0.29) is 0 Å². The molecule has 0 aliphatic carbocycles. The molecule has 0 bridgehead atoms. The quantitative estimate of drug-likeness (QED) is 0.299. The van der Waals surface area contributed by atoms with Crippen molar-refractivity contribution in [3.05, 3.63) is 103 Å². The Morgan fingerprint density at radius 2 is 0.897 bits per heavy atom. The Morgan fingerprint density at radius 1 is 0.483 bits per heavy atom. The highest BCUT2D eigenvalue weighted by Gasteiger charge is 2.16. The van der Waals surface area contributed by atoms with Gasteiger partial charge < -0.3 is 9.68 Å². The van der Waals surface area contributed by atoms with Crippen molar-refractivity contribution in [1.29, 1.82) is 0 Å². The van der Waals surface area contributed by atoms with Gasteiger partial charge in [0.2, 0.25) is 0 Å². The lowest BCUT2D eigenvalue weighted by atomic mass is 9.86. The summed E-state index contributed by atoms with van der Waals surface area (Å²) in [5, 5.41) is 13.8. The molecular weight excluding hydrogens is 355 g/mol. The Balaban J connectivity index is 1.88. The summed E-state index contributed by atoms with van der Waals surface area (Å²) in [4.78, 5) is 0. The van der Waals surface area contributed by atoms with Gasteiger partial charge in [-0.1, -0.05) is 91.0 Å². The molecule has 1 N–H and O–H groups in total. The van der Waals surface area contributed by atoms with E-state index in [4.69, 9.17) is 9.68 Å². The van der Waals surface area contributed by atoms with Crippen molar-refractivity contribution in [2.75, 3.05) is 0 Å². The van der Waals surface area contributed by atoms with E-state index in [0.29, 0.717) is 13.4 Å². The van der Waals surface area contributed by atoms with Crippen molar-refractivity contribution in [3.8, 4) is 28.0 Å². The zero-order valence-electron chi connectivity index (χ0n) is 15.7. The highest BCUT2D eigenvalue weighted by atomic mass is 16.5. The third-order valence-corrected chi connectivity index (χ3v) is 5.33. The lowest BCUT2D eigenvalue weighted by Crippen LogP contribution is -1.99. The molecule has 0 saturated heterocycles. The molecule has 0 amide bonds. The van der Waals surface area contributed by atoms with Gasteiger partial charge in [-0.05, 0) is 55.9 Å². The van der Waals surface area contributed by atoms with Crippen LogP contribution >= 0.6 is 0 Å². The van der Waals surface area contributed by atoms with E-state index in [1.165, 1.54) is 38.2 Å². The monoisotopic (exact) mass is 373 g/mol. The first-order chi connectivity index (χ1) is 14.4. The molecule has 0 aliphatic heterocycles. The van der Waals surface area contributed by atoms with Gasteiger partial charge in [0.05, 0.1) is 0 Å². The van der Waals surface area contributed by atoms with Crippen molar-refractivity contribution >= 4 is 29.2 Å². The summed E-state index contributed by atoms with van der Waals surface area (Å²) in [6, 6.07) is 35.5. The third kappa shape index (κ3) is 3.06. The van der Waals surface area contributed by atoms with Crippen molar-refractivity contribution in [2.45, 2.75) is 0 Å². The van der Waals surface area contributed by atoms with Gasteiger partial charge in [-0.25, -0.2) is 0 Å². The highest BCUT2D eigenvalue weighted by molar-refractivity contribution is 6.21.